The first-order valence-electron chi connectivity index (χ1n) is 4.79. The SMILES string of the molecule is CC(C)c1ccc(F)cc1NCCO. The van der Waals surface area contributed by atoms with E-state index >= 15 is 0 Å². The van der Waals surface area contributed by atoms with Crippen molar-refractivity contribution in [1.29, 1.82) is 0 Å². The number of aliphatic hydroxyl groups excluding tert-OH is 1. The molecule has 78 valence electrons. The largest absolute Gasteiger partial charge is 0.395 e. The molecule has 2 N–H and O–H groups in total. The Labute approximate surface area is 83.8 Å². The minimum atomic E-state index is -0.255. The molecule has 0 aromatic heterocycles. The van der Waals surface area contributed by atoms with Crippen molar-refractivity contribution < 1.29 is 9.50 Å². The maximum absolute atomic E-state index is 12.9. The lowest BCUT2D eigenvalue weighted by atomic mass is 10.0. The van der Waals surface area contributed by atoms with Gasteiger partial charge in [0.2, 0.25) is 0 Å². The van der Waals surface area contributed by atoms with Crippen molar-refractivity contribution >= 4 is 5.69 Å². The molecule has 0 amide bonds. The van der Waals surface area contributed by atoms with E-state index in [0.29, 0.717) is 12.5 Å². The van der Waals surface area contributed by atoms with Gasteiger partial charge in [-0.1, -0.05) is 19.9 Å². The zero-order valence-corrected chi connectivity index (χ0v) is 8.55. The van der Waals surface area contributed by atoms with Gasteiger partial charge in [0.15, 0.2) is 0 Å². The van der Waals surface area contributed by atoms with Gasteiger partial charge in [-0.15, -0.1) is 0 Å². The average Bonchev–Trinajstić information content (AvgIpc) is 2.14. The van der Waals surface area contributed by atoms with Crippen molar-refractivity contribution in [2.75, 3.05) is 18.5 Å². The predicted octanol–water partition coefficient (Wildman–Crippen LogP) is 2.35. The van der Waals surface area contributed by atoms with Crippen LogP contribution in [0.15, 0.2) is 18.2 Å². The first-order chi connectivity index (χ1) is 6.65. The summed E-state index contributed by atoms with van der Waals surface area (Å²) in [6.45, 7) is 4.60. The molecule has 0 atom stereocenters. The molecule has 14 heavy (non-hydrogen) atoms. The number of halogens is 1. The zero-order chi connectivity index (χ0) is 10.6. The minimum absolute atomic E-state index is 0.0497. The van der Waals surface area contributed by atoms with Gasteiger partial charge in [0, 0.05) is 12.2 Å². The second-order valence-corrected chi connectivity index (χ2v) is 3.54. The third-order valence-corrected chi connectivity index (χ3v) is 2.06. The molecule has 0 fully saturated rings. The Morgan fingerprint density at radius 3 is 2.71 bits per heavy atom. The zero-order valence-electron chi connectivity index (χ0n) is 8.55. The summed E-state index contributed by atoms with van der Waals surface area (Å²) in [5.41, 5.74) is 1.84. The molecule has 0 aliphatic rings. The van der Waals surface area contributed by atoms with E-state index in [9.17, 15) is 4.39 Å². The van der Waals surface area contributed by atoms with E-state index in [1.54, 1.807) is 6.07 Å². The van der Waals surface area contributed by atoms with Gasteiger partial charge in [0.25, 0.3) is 0 Å². The lowest BCUT2D eigenvalue weighted by Gasteiger charge is -2.13. The molecule has 0 aliphatic heterocycles. The Morgan fingerprint density at radius 2 is 2.14 bits per heavy atom. The van der Waals surface area contributed by atoms with E-state index in [0.717, 1.165) is 11.3 Å². The van der Waals surface area contributed by atoms with Crippen molar-refractivity contribution in [3.63, 3.8) is 0 Å². The van der Waals surface area contributed by atoms with Gasteiger partial charge >= 0.3 is 0 Å². The maximum Gasteiger partial charge on any atom is 0.125 e. The van der Waals surface area contributed by atoms with Gasteiger partial charge < -0.3 is 10.4 Å². The van der Waals surface area contributed by atoms with Crippen LogP contribution >= 0.6 is 0 Å². The molecule has 3 heteroatoms. The number of hydrogen-bond donors (Lipinski definition) is 2. The third-order valence-electron chi connectivity index (χ3n) is 2.06. The Balaban J connectivity index is 2.91. The minimum Gasteiger partial charge on any atom is -0.395 e. The number of anilines is 1. The highest BCUT2D eigenvalue weighted by Crippen LogP contribution is 2.24. The first kappa shape index (κ1) is 11.0. The van der Waals surface area contributed by atoms with Crippen LogP contribution in [-0.2, 0) is 0 Å². The summed E-state index contributed by atoms with van der Waals surface area (Å²) in [5, 5.41) is 11.7. The second kappa shape index (κ2) is 4.96. The predicted molar refractivity (Wildman–Crippen MR) is 56.1 cm³/mol. The molecule has 2 nitrogen and oxygen atoms in total. The summed E-state index contributed by atoms with van der Waals surface area (Å²) in [5.74, 6) is 0.0895. The smallest absolute Gasteiger partial charge is 0.125 e. The van der Waals surface area contributed by atoms with E-state index in [1.807, 2.05) is 0 Å². The van der Waals surface area contributed by atoms with E-state index in [2.05, 4.69) is 19.2 Å². The van der Waals surface area contributed by atoms with Gasteiger partial charge in [-0.25, -0.2) is 4.39 Å². The number of nitrogens with one attached hydrogen (secondary N) is 1. The lowest BCUT2D eigenvalue weighted by Crippen LogP contribution is -2.08. The fourth-order valence-electron chi connectivity index (χ4n) is 1.38. The van der Waals surface area contributed by atoms with Gasteiger partial charge in [-0.3, -0.25) is 0 Å². The van der Waals surface area contributed by atoms with Gasteiger partial charge in [-0.05, 0) is 23.6 Å². The molecular formula is C11H16FNO. The fraction of sp³-hybridized carbons (Fsp3) is 0.455. The quantitative estimate of drug-likeness (QED) is 0.776. The van der Waals surface area contributed by atoms with Crippen molar-refractivity contribution in [2.24, 2.45) is 0 Å². The summed E-state index contributed by atoms with van der Waals surface area (Å²) in [6, 6.07) is 4.70. The Morgan fingerprint density at radius 1 is 1.43 bits per heavy atom. The highest BCUT2D eigenvalue weighted by Gasteiger charge is 2.06. The van der Waals surface area contributed by atoms with Crippen LogP contribution in [0.25, 0.3) is 0 Å². The topological polar surface area (TPSA) is 32.3 Å². The molecule has 1 aromatic rings. The van der Waals surface area contributed by atoms with Crippen molar-refractivity contribution in [1.82, 2.24) is 0 Å². The van der Waals surface area contributed by atoms with Crippen molar-refractivity contribution in [3.8, 4) is 0 Å². The van der Waals surface area contributed by atoms with Crippen LogP contribution in [0.4, 0.5) is 10.1 Å². The molecule has 0 heterocycles. The lowest BCUT2D eigenvalue weighted by molar-refractivity contribution is 0.311. The highest BCUT2D eigenvalue weighted by atomic mass is 19.1. The molecular weight excluding hydrogens is 181 g/mol. The first-order valence-corrected chi connectivity index (χ1v) is 4.79. The average molecular weight is 197 g/mol. The van der Waals surface area contributed by atoms with E-state index in [4.69, 9.17) is 5.11 Å². The molecule has 0 unspecified atom stereocenters. The van der Waals surface area contributed by atoms with E-state index in [-0.39, 0.29) is 12.4 Å². The summed E-state index contributed by atoms with van der Waals surface area (Å²) < 4.78 is 12.9. The fourth-order valence-corrected chi connectivity index (χ4v) is 1.38. The second-order valence-electron chi connectivity index (χ2n) is 3.54. The molecule has 0 saturated heterocycles. The highest BCUT2D eigenvalue weighted by molar-refractivity contribution is 5.52. The van der Waals surface area contributed by atoms with Crippen molar-refractivity contribution in [2.45, 2.75) is 19.8 Å². The summed E-state index contributed by atoms with van der Waals surface area (Å²) in [6.07, 6.45) is 0. The summed E-state index contributed by atoms with van der Waals surface area (Å²) in [7, 11) is 0. The Hall–Kier alpha value is -1.09. The van der Waals surface area contributed by atoms with Crippen LogP contribution in [0.5, 0.6) is 0 Å². The molecule has 0 spiro atoms. The van der Waals surface area contributed by atoms with Gasteiger partial charge in [0.1, 0.15) is 5.82 Å². The molecule has 0 radical (unpaired) electrons. The number of benzene rings is 1. The van der Waals surface area contributed by atoms with Crippen LogP contribution in [0, 0.1) is 5.82 Å². The molecule has 1 aromatic carbocycles. The monoisotopic (exact) mass is 197 g/mol. The summed E-state index contributed by atoms with van der Waals surface area (Å²) in [4.78, 5) is 0. The molecule has 0 aliphatic carbocycles. The molecule has 0 bridgehead atoms. The van der Waals surface area contributed by atoms with Crippen LogP contribution in [0.3, 0.4) is 0 Å². The van der Waals surface area contributed by atoms with Gasteiger partial charge in [-0.2, -0.15) is 0 Å². The van der Waals surface area contributed by atoms with E-state index < -0.39 is 0 Å². The Kier molecular flexibility index (Phi) is 3.89. The van der Waals surface area contributed by atoms with Crippen LogP contribution in [0.1, 0.15) is 25.3 Å². The number of aliphatic hydroxyl groups is 1. The summed E-state index contributed by atoms with van der Waals surface area (Å²) >= 11 is 0. The Bertz CT molecular complexity index is 299. The number of hydrogen-bond acceptors (Lipinski definition) is 2. The van der Waals surface area contributed by atoms with Crippen LogP contribution < -0.4 is 5.32 Å². The molecule has 1 rings (SSSR count). The number of rotatable bonds is 4. The van der Waals surface area contributed by atoms with Gasteiger partial charge in [0.05, 0.1) is 6.61 Å². The maximum atomic E-state index is 12.9. The molecule has 0 saturated carbocycles. The van der Waals surface area contributed by atoms with Crippen molar-refractivity contribution in [3.05, 3.63) is 29.6 Å². The normalized spacial score (nSPS) is 10.6. The third kappa shape index (κ3) is 2.70. The van der Waals surface area contributed by atoms with E-state index in [1.165, 1.54) is 12.1 Å². The standard InChI is InChI=1S/C11H16FNO/c1-8(2)10-4-3-9(12)7-11(10)13-5-6-14/h3-4,7-8,13-14H,5-6H2,1-2H3. The van der Waals surface area contributed by atoms with Crippen LogP contribution in [0.2, 0.25) is 0 Å². The van der Waals surface area contributed by atoms with Crippen LogP contribution in [-0.4, -0.2) is 18.3 Å².